The molecule has 0 unspecified atom stereocenters. The monoisotopic (exact) mass is 419 g/mol. The molecular formula is C21H33N5O2S. The lowest BCUT2D eigenvalue weighted by Gasteiger charge is -2.11. The molecule has 0 bridgehead atoms. The number of benzene rings is 1. The number of rotatable bonds is 11. The highest BCUT2D eigenvalue weighted by atomic mass is 32.2. The Labute approximate surface area is 174 Å². The van der Waals surface area contributed by atoms with E-state index in [0.29, 0.717) is 19.5 Å². The van der Waals surface area contributed by atoms with Crippen LogP contribution in [-0.4, -0.2) is 49.5 Å². The van der Waals surface area contributed by atoms with Crippen LogP contribution < -0.4 is 10.6 Å². The van der Waals surface area contributed by atoms with Crippen molar-refractivity contribution in [2.45, 2.75) is 45.9 Å². The minimum absolute atomic E-state index is 0.0916. The fraction of sp³-hybridized carbons (Fsp3) is 0.524. The van der Waals surface area contributed by atoms with Gasteiger partial charge in [-0.25, -0.2) is 8.42 Å². The topological polar surface area (TPSA) is 88.4 Å². The van der Waals surface area contributed by atoms with Crippen LogP contribution in [0.25, 0.3) is 0 Å². The number of hydrogen-bond acceptors (Lipinski definition) is 4. The van der Waals surface area contributed by atoms with E-state index in [-0.39, 0.29) is 11.5 Å². The fourth-order valence-electron chi connectivity index (χ4n) is 3.05. The Morgan fingerprint density at radius 3 is 2.55 bits per heavy atom. The molecule has 0 saturated carbocycles. The van der Waals surface area contributed by atoms with Crippen LogP contribution in [0.15, 0.2) is 41.4 Å². The van der Waals surface area contributed by atoms with E-state index < -0.39 is 9.84 Å². The predicted molar refractivity (Wildman–Crippen MR) is 119 cm³/mol. The van der Waals surface area contributed by atoms with Crippen molar-refractivity contribution in [1.82, 2.24) is 20.4 Å². The second-order valence-corrected chi connectivity index (χ2v) is 9.31. The van der Waals surface area contributed by atoms with E-state index in [1.165, 1.54) is 0 Å². The van der Waals surface area contributed by atoms with Crippen LogP contribution >= 0.6 is 0 Å². The summed E-state index contributed by atoms with van der Waals surface area (Å²) in [6, 6.07) is 11.4. The molecule has 2 aromatic rings. The van der Waals surface area contributed by atoms with Gasteiger partial charge in [0.05, 0.1) is 17.2 Å². The molecule has 160 valence electrons. The summed E-state index contributed by atoms with van der Waals surface area (Å²) in [4.78, 5) is 4.57. The third-order valence-electron chi connectivity index (χ3n) is 4.40. The number of sulfone groups is 1. The zero-order chi connectivity index (χ0) is 21.1. The molecule has 0 spiro atoms. The first-order valence-electron chi connectivity index (χ1n) is 10.2. The lowest BCUT2D eigenvalue weighted by Crippen LogP contribution is -2.38. The first-order chi connectivity index (χ1) is 13.9. The Morgan fingerprint density at radius 2 is 1.90 bits per heavy atom. The molecule has 0 saturated heterocycles. The molecule has 1 aromatic carbocycles. The zero-order valence-corrected chi connectivity index (χ0v) is 18.5. The van der Waals surface area contributed by atoms with Gasteiger partial charge in [-0.1, -0.05) is 30.3 Å². The number of nitrogens with zero attached hydrogens (tertiary/aromatic N) is 3. The van der Waals surface area contributed by atoms with Crippen LogP contribution in [0.5, 0.6) is 0 Å². The minimum Gasteiger partial charge on any atom is -0.357 e. The van der Waals surface area contributed by atoms with Crippen LogP contribution in [-0.2, 0) is 22.1 Å². The van der Waals surface area contributed by atoms with Gasteiger partial charge in [0.2, 0.25) is 0 Å². The van der Waals surface area contributed by atoms with Gasteiger partial charge in [0, 0.05) is 31.9 Å². The summed E-state index contributed by atoms with van der Waals surface area (Å²) < 4.78 is 26.5. The van der Waals surface area contributed by atoms with Gasteiger partial charge in [-0.3, -0.25) is 9.67 Å². The van der Waals surface area contributed by atoms with Gasteiger partial charge < -0.3 is 10.6 Å². The molecule has 8 heteroatoms. The van der Waals surface area contributed by atoms with Crippen molar-refractivity contribution < 1.29 is 8.42 Å². The van der Waals surface area contributed by atoms with Crippen LogP contribution in [0.2, 0.25) is 0 Å². The van der Waals surface area contributed by atoms with Gasteiger partial charge in [0.15, 0.2) is 15.8 Å². The third-order valence-corrected chi connectivity index (χ3v) is 6.08. The van der Waals surface area contributed by atoms with Crippen LogP contribution in [0, 0.1) is 13.8 Å². The van der Waals surface area contributed by atoms with Crippen molar-refractivity contribution >= 4 is 15.8 Å². The Kier molecular flexibility index (Phi) is 9.18. The molecule has 2 rings (SSSR count). The summed E-state index contributed by atoms with van der Waals surface area (Å²) in [5, 5.41) is 10.9. The molecule has 0 radical (unpaired) electrons. The fourth-order valence-corrected chi connectivity index (χ4v) is 4.48. The van der Waals surface area contributed by atoms with E-state index in [2.05, 4.69) is 33.7 Å². The second-order valence-electron chi connectivity index (χ2n) is 7.12. The molecule has 0 aliphatic heterocycles. The number of nitrogens with one attached hydrogen (secondary N) is 2. The lowest BCUT2D eigenvalue weighted by atomic mass is 10.2. The van der Waals surface area contributed by atoms with Gasteiger partial charge >= 0.3 is 0 Å². The molecule has 0 amide bonds. The minimum atomic E-state index is -3.11. The molecular weight excluding hydrogens is 386 g/mol. The van der Waals surface area contributed by atoms with Crippen molar-refractivity contribution in [1.29, 1.82) is 0 Å². The highest BCUT2D eigenvalue weighted by Gasteiger charge is 2.11. The Balaban J connectivity index is 1.72. The zero-order valence-electron chi connectivity index (χ0n) is 17.7. The van der Waals surface area contributed by atoms with E-state index >= 15 is 0 Å². The molecule has 29 heavy (non-hydrogen) atoms. The van der Waals surface area contributed by atoms with Crippen molar-refractivity contribution in [3.63, 3.8) is 0 Å². The van der Waals surface area contributed by atoms with Gasteiger partial charge in [-0.05, 0) is 45.2 Å². The van der Waals surface area contributed by atoms with Crippen molar-refractivity contribution in [2.24, 2.45) is 4.99 Å². The number of aromatic nitrogens is 2. The second kappa shape index (κ2) is 11.6. The summed E-state index contributed by atoms with van der Waals surface area (Å²) >= 11 is 0. The van der Waals surface area contributed by atoms with Gasteiger partial charge in [0.25, 0.3) is 0 Å². The Bertz CT molecular complexity index is 876. The van der Waals surface area contributed by atoms with Crippen molar-refractivity contribution in [2.75, 3.05) is 25.4 Å². The average molecular weight is 420 g/mol. The van der Waals surface area contributed by atoms with E-state index in [9.17, 15) is 8.42 Å². The quantitative estimate of drug-likeness (QED) is 0.332. The van der Waals surface area contributed by atoms with E-state index in [0.717, 1.165) is 42.4 Å². The van der Waals surface area contributed by atoms with E-state index in [1.807, 2.05) is 48.9 Å². The van der Waals surface area contributed by atoms with Crippen molar-refractivity contribution in [3.8, 4) is 0 Å². The van der Waals surface area contributed by atoms with Gasteiger partial charge in [-0.15, -0.1) is 0 Å². The number of aryl methyl sites for hydroxylation is 3. The number of guanidine groups is 1. The standard InChI is InChI=1S/C21H33N5O2S/c1-4-22-21(23-12-8-14-26-19(3)16-18(2)25-26)24-13-9-15-29(27,28)17-20-10-6-5-7-11-20/h5-7,10-11,16H,4,8-9,12-15,17H2,1-3H3,(H2,22,23,24). The smallest absolute Gasteiger partial charge is 0.191 e. The first-order valence-corrected chi connectivity index (χ1v) is 12.0. The summed E-state index contributed by atoms with van der Waals surface area (Å²) in [6.07, 6.45) is 1.44. The molecule has 1 aromatic heterocycles. The summed E-state index contributed by atoms with van der Waals surface area (Å²) in [7, 11) is -3.11. The molecule has 7 nitrogen and oxygen atoms in total. The lowest BCUT2D eigenvalue weighted by molar-refractivity contribution is 0.567. The highest BCUT2D eigenvalue weighted by molar-refractivity contribution is 7.90. The predicted octanol–water partition coefficient (Wildman–Crippen LogP) is 2.45. The number of hydrogen-bond donors (Lipinski definition) is 2. The molecule has 0 aliphatic carbocycles. The summed E-state index contributed by atoms with van der Waals surface area (Å²) in [5.41, 5.74) is 3.02. The normalized spacial score (nSPS) is 12.2. The van der Waals surface area contributed by atoms with E-state index in [1.54, 1.807) is 0 Å². The number of aliphatic imine (C=N–C) groups is 1. The van der Waals surface area contributed by atoms with Crippen LogP contribution in [0.1, 0.15) is 36.7 Å². The maximum Gasteiger partial charge on any atom is 0.191 e. The highest BCUT2D eigenvalue weighted by Crippen LogP contribution is 2.07. The molecule has 1 heterocycles. The van der Waals surface area contributed by atoms with Crippen LogP contribution in [0.3, 0.4) is 0 Å². The molecule has 0 aliphatic rings. The third kappa shape index (κ3) is 8.68. The average Bonchev–Trinajstić information content (AvgIpc) is 2.99. The summed E-state index contributed by atoms with van der Waals surface area (Å²) in [5.74, 6) is 0.974. The maximum atomic E-state index is 12.3. The van der Waals surface area contributed by atoms with Crippen LogP contribution in [0.4, 0.5) is 0 Å². The van der Waals surface area contributed by atoms with E-state index in [4.69, 9.17) is 0 Å². The van der Waals surface area contributed by atoms with Gasteiger partial charge in [0.1, 0.15) is 0 Å². The maximum absolute atomic E-state index is 12.3. The Hall–Kier alpha value is -2.35. The first kappa shape index (κ1) is 22.9. The van der Waals surface area contributed by atoms with Crippen molar-refractivity contribution in [3.05, 3.63) is 53.3 Å². The molecule has 2 N–H and O–H groups in total. The summed E-state index contributed by atoms with van der Waals surface area (Å²) in [6.45, 7) is 8.90. The molecule has 0 fully saturated rings. The van der Waals surface area contributed by atoms with Gasteiger partial charge in [-0.2, -0.15) is 5.10 Å². The SMILES string of the molecule is CCNC(=NCCCn1nc(C)cc1C)NCCCS(=O)(=O)Cc1ccccc1. The molecule has 0 atom stereocenters. The largest absolute Gasteiger partial charge is 0.357 e. The Morgan fingerprint density at radius 1 is 1.14 bits per heavy atom.